The van der Waals surface area contributed by atoms with E-state index in [0.29, 0.717) is 0 Å². The molecule has 1 heterocycles. The minimum atomic E-state index is -0.415. The summed E-state index contributed by atoms with van der Waals surface area (Å²) in [6, 6.07) is 0. The molecule has 0 aromatic heterocycles. The van der Waals surface area contributed by atoms with Crippen molar-refractivity contribution < 1.29 is 5.11 Å². The monoisotopic (exact) mass is 254 g/mol. The molecule has 2 aliphatic rings. The zero-order valence-electron chi connectivity index (χ0n) is 12.0. The van der Waals surface area contributed by atoms with Crippen molar-refractivity contribution in [2.45, 2.75) is 57.0 Å². The van der Waals surface area contributed by atoms with Gasteiger partial charge in [0.1, 0.15) is 0 Å². The molecule has 2 fully saturated rings. The smallest absolute Gasteiger partial charge is 0.0771 e. The van der Waals surface area contributed by atoms with Crippen molar-refractivity contribution in [3.05, 3.63) is 0 Å². The van der Waals surface area contributed by atoms with Crippen LogP contribution in [-0.4, -0.2) is 48.8 Å². The van der Waals surface area contributed by atoms with Crippen molar-refractivity contribution >= 4 is 0 Å². The van der Waals surface area contributed by atoms with Crippen LogP contribution in [0.4, 0.5) is 0 Å². The van der Waals surface area contributed by atoms with E-state index in [-0.39, 0.29) is 0 Å². The van der Waals surface area contributed by atoms with E-state index >= 15 is 0 Å². The summed E-state index contributed by atoms with van der Waals surface area (Å²) in [6.07, 6.45) is 9.61. The van der Waals surface area contributed by atoms with E-state index in [0.717, 1.165) is 31.8 Å². The second-order valence-corrected chi connectivity index (χ2v) is 6.52. The van der Waals surface area contributed by atoms with Gasteiger partial charge in [0.2, 0.25) is 0 Å². The Balaban J connectivity index is 1.64. The molecule has 0 atom stereocenters. The first-order valence-electron chi connectivity index (χ1n) is 7.80. The highest BCUT2D eigenvalue weighted by Crippen LogP contribution is 2.26. The first-order valence-corrected chi connectivity index (χ1v) is 7.80. The number of hydrogen-bond donors (Lipinski definition) is 2. The van der Waals surface area contributed by atoms with Crippen LogP contribution >= 0.6 is 0 Å². The standard InChI is InChI=1S/C15H30N2O/c1-17-10-6-14(7-11-17)12-16-13-15(18)8-4-2-3-5-9-15/h14,16,18H,2-13H2,1H3. The summed E-state index contributed by atoms with van der Waals surface area (Å²) in [5.41, 5.74) is -0.415. The zero-order valence-corrected chi connectivity index (χ0v) is 12.0. The third kappa shape index (κ3) is 4.52. The maximum absolute atomic E-state index is 10.6. The minimum Gasteiger partial charge on any atom is -0.389 e. The molecule has 2 N–H and O–H groups in total. The lowest BCUT2D eigenvalue weighted by atomic mass is 9.93. The molecule has 0 aromatic rings. The summed E-state index contributed by atoms with van der Waals surface area (Å²) >= 11 is 0. The third-order valence-corrected chi connectivity index (χ3v) is 4.76. The van der Waals surface area contributed by atoms with E-state index in [1.165, 1.54) is 51.6 Å². The van der Waals surface area contributed by atoms with Gasteiger partial charge in [0.15, 0.2) is 0 Å². The number of hydrogen-bond acceptors (Lipinski definition) is 3. The van der Waals surface area contributed by atoms with Crippen molar-refractivity contribution in [3.63, 3.8) is 0 Å². The van der Waals surface area contributed by atoms with Gasteiger partial charge in [-0.15, -0.1) is 0 Å². The van der Waals surface area contributed by atoms with Gasteiger partial charge in [-0.05, 0) is 58.3 Å². The SMILES string of the molecule is CN1CCC(CNCC2(O)CCCCCC2)CC1. The highest BCUT2D eigenvalue weighted by atomic mass is 16.3. The third-order valence-electron chi connectivity index (χ3n) is 4.76. The van der Waals surface area contributed by atoms with E-state index in [1.54, 1.807) is 0 Å². The van der Waals surface area contributed by atoms with Crippen molar-refractivity contribution in [3.8, 4) is 0 Å². The fraction of sp³-hybridized carbons (Fsp3) is 1.00. The number of nitrogens with zero attached hydrogens (tertiary/aromatic N) is 1. The molecule has 106 valence electrons. The predicted molar refractivity (Wildman–Crippen MR) is 75.7 cm³/mol. The molecule has 1 aliphatic heterocycles. The van der Waals surface area contributed by atoms with Crippen LogP contribution in [0.25, 0.3) is 0 Å². The van der Waals surface area contributed by atoms with Crippen molar-refractivity contribution in [2.24, 2.45) is 5.92 Å². The Hall–Kier alpha value is -0.120. The normalized spacial score (nSPS) is 27.0. The maximum Gasteiger partial charge on any atom is 0.0771 e. The maximum atomic E-state index is 10.6. The van der Waals surface area contributed by atoms with Gasteiger partial charge >= 0.3 is 0 Å². The first-order chi connectivity index (χ1) is 8.68. The number of rotatable bonds is 4. The molecule has 3 heteroatoms. The molecule has 0 unspecified atom stereocenters. The molecule has 1 saturated carbocycles. The molecule has 1 saturated heterocycles. The lowest BCUT2D eigenvalue weighted by Crippen LogP contribution is -2.43. The molecule has 1 aliphatic carbocycles. The van der Waals surface area contributed by atoms with Gasteiger partial charge in [-0.3, -0.25) is 0 Å². The zero-order chi connectivity index (χ0) is 12.8. The average molecular weight is 254 g/mol. The first kappa shape index (κ1) is 14.3. The quantitative estimate of drug-likeness (QED) is 0.753. The van der Waals surface area contributed by atoms with E-state index < -0.39 is 5.60 Å². The second-order valence-electron chi connectivity index (χ2n) is 6.52. The summed E-state index contributed by atoms with van der Waals surface area (Å²) in [5, 5.41) is 14.1. The van der Waals surface area contributed by atoms with Gasteiger partial charge in [0.05, 0.1) is 5.60 Å². The molecule has 0 aromatic carbocycles. The molecule has 3 nitrogen and oxygen atoms in total. The lowest BCUT2D eigenvalue weighted by Gasteiger charge is -2.31. The summed E-state index contributed by atoms with van der Waals surface area (Å²) in [6.45, 7) is 4.36. The molecule has 0 radical (unpaired) electrons. The molecule has 0 bridgehead atoms. The second kappa shape index (κ2) is 6.88. The van der Waals surface area contributed by atoms with E-state index in [9.17, 15) is 5.11 Å². The topological polar surface area (TPSA) is 35.5 Å². The number of piperidine rings is 1. The Labute approximate surface area is 112 Å². The van der Waals surface area contributed by atoms with Crippen LogP contribution in [0.2, 0.25) is 0 Å². The van der Waals surface area contributed by atoms with Crippen molar-refractivity contribution in [2.75, 3.05) is 33.2 Å². The summed E-state index contributed by atoms with van der Waals surface area (Å²) in [4.78, 5) is 2.41. The number of nitrogens with one attached hydrogen (secondary N) is 1. The molecule has 0 spiro atoms. The van der Waals surface area contributed by atoms with E-state index in [1.807, 2.05) is 0 Å². The van der Waals surface area contributed by atoms with Gasteiger partial charge in [-0.25, -0.2) is 0 Å². The Morgan fingerprint density at radius 3 is 2.33 bits per heavy atom. The molecular weight excluding hydrogens is 224 g/mol. The van der Waals surface area contributed by atoms with E-state index in [2.05, 4.69) is 17.3 Å². The minimum absolute atomic E-state index is 0.415. The van der Waals surface area contributed by atoms with Crippen LogP contribution in [-0.2, 0) is 0 Å². The highest BCUT2D eigenvalue weighted by Gasteiger charge is 2.27. The average Bonchev–Trinajstić information content (AvgIpc) is 2.57. The van der Waals surface area contributed by atoms with Crippen LogP contribution in [0.5, 0.6) is 0 Å². The Morgan fingerprint density at radius 2 is 1.72 bits per heavy atom. The Bertz CT molecular complexity index is 229. The van der Waals surface area contributed by atoms with Gasteiger partial charge in [-0.1, -0.05) is 25.7 Å². The molecule has 2 rings (SSSR count). The van der Waals surface area contributed by atoms with Gasteiger partial charge < -0.3 is 15.3 Å². The van der Waals surface area contributed by atoms with Crippen LogP contribution < -0.4 is 5.32 Å². The molecule has 0 amide bonds. The highest BCUT2D eigenvalue weighted by molar-refractivity contribution is 4.84. The fourth-order valence-corrected chi connectivity index (χ4v) is 3.34. The molecule has 18 heavy (non-hydrogen) atoms. The van der Waals surface area contributed by atoms with Crippen LogP contribution in [0.1, 0.15) is 51.4 Å². The van der Waals surface area contributed by atoms with Crippen LogP contribution in [0.15, 0.2) is 0 Å². The van der Waals surface area contributed by atoms with Gasteiger partial charge in [0.25, 0.3) is 0 Å². The Morgan fingerprint density at radius 1 is 1.11 bits per heavy atom. The predicted octanol–water partition coefficient (Wildman–Crippen LogP) is 2.00. The van der Waals surface area contributed by atoms with E-state index in [4.69, 9.17) is 0 Å². The number of aliphatic hydroxyl groups is 1. The Kier molecular flexibility index (Phi) is 5.46. The summed E-state index contributed by atoms with van der Waals surface area (Å²) < 4.78 is 0. The van der Waals surface area contributed by atoms with Crippen LogP contribution in [0, 0.1) is 5.92 Å². The van der Waals surface area contributed by atoms with Gasteiger partial charge in [-0.2, -0.15) is 0 Å². The fourth-order valence-electron chi connectivity index (χ4n) is 3.34. The summed E-state index contributed by atoms with van der Waals surface area (Å²) in [7, 11) is 2.21. The van der Waals surface area contributed by atoms with Crippen molar-refractivity contribution in [1.82, 2.24) is 10.2 Å². The van der Waals surface area contributed by atoms with Crippen molar-refractivity contribution in [1.29, 1.82) is 0 Å². The number of likely N-dealkylation sites (tertiary alicyclic amines) is 1. The van der Waals surface area contributed by atoms with Gasteiger partial charge in [0, 0.05) is 6.54 Å². The molecular formula is C15H30N2O. The largest absolute Gasteiger partial charge is 0.389 e. The van der Waals surface area contributed by atoms with Crippen LogP contribution in [0.3, 0.4) is 0 Å². The summed E-state index contributed by atoms with van der Waals surface area (Å²) in [5.74, 6) is 0.815. The lowest BCUT2D eigenvalue weighted by molar-refractivity contribution is 0.0239.